The fourth-order valence-corrected chi connectivity index (χ4v) is 4.65. The Labute approximate surface area is 232 Å². The van der Waals surface area contributed by atoms with Gasteiger partial charge in [0.05, 0.1) is 24.5 Å². The second-order valence-corrected chi connectivity index (χ2v) is 9.35. The number of carbonyl (C=O) groups excluding carboxylic acids is 2. The van der Waals surface area contributed by atoms with E-state index in [4.69, 9.17) is 9.84 Å². The minimum Gasteiger partial charge on any atom is -0.494 e. The Kier molecular flexibility index (Phi) is 7.38. The molecule has 3 heterocycles. The SMILES string of the molecule is CCOc1ccc(-c2nn(-c3ccccc3)cc2/C=C2/C(=O)N(Cc3cccnc3)C(=O)C(C#N)=C2C)cc1C. The van der Waals surface area contributed by atoms with Gasteiger partial charge in [-0.2, -0.15) is 10.4 Å². The molecule has 0 bridgehead atoms. The van der Waals surface area contributed by atoms with Crippen LogP contribution >= 0.6 is 0 Å². The van der Waals surface area contributed by atoms with Gasteiger partial charge in [0.15, 0.2) is 0 Å². The third-order valence-corrected chi connectivity index (χ3v) is 6.70. The van der Waals surface area contributed by atoms with E-state index in [1.165, 1.54) is 0 Å². The smallest absolute Gasteiger partial charge is 0.271 e. The molecule has 0 fully saturated rings. The molecule has 0 unspecified atom stereocenters. The van der Waals surface area contributed by atoms with E-state index in [0.29, 0.717) is 29.0 Å². The number of para-hydroxylation sites is 1. The van der Waals surface area contributed by atoms with Crippen molar-refractivity contribution in [1.82, 2.24) is 19.7 Å². The van der Waals surface area contributed by atoms with Gasteiger partial charge in [-0.3, -0.25) is 19.5 Å². The van der Waals surface area contributed by atoms with Crippen LogP contribution in [-0.2, 0) is 16.1 Å². The highest BCUT2D eigenvalue weighted by Crippen LogP contribution is 2.33. The van der Waals surface area contributed by atoms with Gasteiger partial charge in [0.1, 0.15) is 17.4 Å². The second kappa shape index (κ2) is 11.2. The van der Waals surface area contributed by atoms with Crippen molar-refractivity contribution in [3.05, 3.63) is 113 Å². The van der Waals surface area contributed by atoms with Crippen LogP contribution < -0.4 is 4.74 Å². The maximum atomic E-state index is 13.7. The molecule has 0 saturated heterocycles. The van der Waals surface area contributed by atoms with Gasteiger partial charge in [-0.25, -0.2) is 4.68 Å². The van der Waals surface area contributed by atoms with E-state index in [1.54, 1.807) is 42.2 Å². The number of aromatic nitrogens is 3. The molecule has 198 valence electrons. The predicted molar refractivity (Wildman–Crippen MR) is 151 cm³/mol. The number of hydrogen-bond donors (Lipinski definition) is 0. The molecule has 1 aliphatic rings. The number of aryl methyl sites for hydroxylation is 1. The van der Waals surface area contributed by atoms with Crippen molar-refractivity contribution >= 4 is 17.9 Å². The molecule has 8 nitrogen and oxygen atoms in total. The molecule has 40 heavy (non-hydrogen) atoms. The number of benzene rings is 2. The minimum absolute atomic E-state index is 0.00945. The highest BCUT2D eigenvalue weighted by molar-refractivity contribution is 6.19. The summed E-state index contributed by atoms with van der Waals surface area (Å²) in [5, 5.41) is 14.7. The van der Waals surface area contributed by atoms with Crippen LogP contribution in [0.1, 0.15) is 30.5 Å². The molecule has 0 spiro atoms. The summed E-state index contributed by atoms with van der Waals surface area (Å²) < 4.78 is 7.47. The number of nitriles is 1. The van der Waals surface area contributed by atoms with Crippen molar-refractivity contribution in [1.29, 1.82) is 5.26 Å². The molecule has 0 atom stereocenters. The average Bonchev–Trinajstić information content (AvgIpc) is 3.40. The molecule has 0 saturated carbocycles. The highest BCUT2D eigenvalue weighted by Gasteiger charge is 2.35. The number of pyridine rings is 1. The molecule has 0 aliphatic carbocycles. The number of carbonyl (C=O) groups is 2. The first-order valence-electron chi connectivity index (χ1n) is 12.9. The molecular formula is C32H27N5O3. The van der Waals surface area contributed by atoms with E-state index in [9.17, 15) is 14.9 Å². The summed E-state index contributed by atoms with van der Waals surface area (Å²) in [7, 11) is 0. The number of nitrogens with zero attached hydrogens (tertiary/aromatic N) is 5. The number of rotatable bonds is 7. The maximum absolute atomic E-state index is 13.7. The fraction of sp³-hybridized carbons (Fsp3) is 0.156. The molecule has 2 aromatic heterocycles. The molecule has 8 heteroatoms. The van der Waals surface area contributed by atoms with Crippen molar-refractivity contribution in [3.63, 3.8) is 0 Å². The minimum atomic E-state index is -0.617. The lowest BCUT2D eigenvalue weighted by Crippen LogP contribution is -2.42. The van der Waals surface area contributed by atoms with E-state index < -0.39 is 11.8 Å². The summed E-state index contributed by atoms with van der Waals surface area (Å²) in [6.07, 6.45) is 6.77. The molecule has 0 radical (unpaired) electrons. The predicted octanol–water partition coefficient (Wildman–Crippen LogP) is 5.43. The van der Waals surface area contributed by atoms with Crippen LogP contribution in [0.15, 0.2) is 96.0 Å². The van der Waals surface area contributed by atoms with Gasteiger partial charge in [0, 0.05) is 35.3 Å². The molecule has 2 aromatic carbocycles. The topological polar surface area (TPSA) is 101 Å². The van der Waals surface area contributed by atoms with Gasteiger partial charge >= 0.3 is 0 Å². The van der Waals surface area contributed by atoms with Gasteiger partial charge in [-0.15, -0.1) is 0 Å². The van der Waals surface area contributed by atoms with Gasteiger partial charge in [0.2, 0.25) is 0 Å². The summed E-state index contributed by atoms with van der Waals surface area (Å²) in [5.74, 6) is -0.307. The van der Waals surface area contributed by atoms with Crippen molar-refractivity contribution in [3.8, 4) is 28.8 Å². The zero-order chi connectivity index (χ0) is 28.2. The first kappa shape index (κ1) is 26.3. The molecule has 1 aliphatic heterocycles. The van der Waals surface area contributed by atoms with Crippen molar-refractivity contribution in [2.24, 2.45) is 0 Å². The second-order valence-electron chi connectivity index (χ2n) is 9.35. The van der Waals surface area contributed by atoms with Crippen LogP contribution in [0.4, 0.5) is 0 Å². The van der Waals surface area contributed by atoms with Crippen LogP contribution in [0.2, 0.25) is 0 Å². The fourth-order valence-electron chi connectivity index (χ4n) is 4.65. The van der Waals surface area contributed by atoms with Gasteiger partial charge in [-0.05, 0) is 79.9 Å². The Bertz CT molecular complexity index is 1700. The zero-order valence-electron chi connectivity index (χ0n) is 22.5. The van der Waals surface area contributed by atoms with Crippen LogP contribution in [0.25, 0.3) is 23.0 Å². The standard InChI is InChI=1S/C32H27N5O3/c1-4-40-29-13-12-24(15-21(29)2)30-25(20-37(35-30)26-10-6-5-7-11-26)16-27-22(3)28(17-33)32(39)36(31(27)38)19-23-9-8-14-34-18-23/h5-16,18,20H,4,19H2,1-3H3/b27-16+. The van der Waals surface area contributed by atoms with E-state index in [-0.39, 0.29) is 17.7 Å². The zero-order valence-corrected chi connectivity index (χ0v) is 22.5. The Balaban J connectivity index is 1.65. The molecule has 0 N–H and O–H groups in total. The lowest BCUT2D eigenvalue weighted by Gasteiger charge is -2.27. The molecule has 5 rings (SSSR count). The number of amides is 2. The number of hydrogen-bond acceptors (Lipinski definition) is 6. The first-order chi connectivity index (χ1) is 19.4. The van der Waals surface area contributed by atoms with Crippen LogP contribution in [0.5, 0.6) is 5.75 Å². The monoisotopic (exact) mass is 529 g/mol. The Morgan fingerprint density at radius 3 is 2.50 bits per heavy atom. The number of imide groups is 1. The average molecular weight is 530 g/mol. The maximum Gasteiger partial charge on any atom is 0.271 e. The summed E-state index contributed by atoms with van der Waals surface area (Å²) in [6.45, 7) is 6.11. The van der Waals surface area contributed by atoms with E-state index >= 15 is 0 Å². The van der Waals surface area contributed by atoms with Gasteiger partial charge < -0.3 is 4.74 Å². The largest absolute Gasteiger partial charge is 0.494 e. The first-order valence-corrected chi connectivity index (χ1v) is 12.9. The van der Waals surface area contributed by atoms with Crippen molar-refractivity contribution in [2.45, 2.75) is 27.3 Å². The normalized spacial score (nSPS) is 14.6. The summed E-state index contributed by atoms with van der Waals surface area (Å²) in [4.78, 5) is 32.0. The van der Waals surface area contributed by atoms with Crippen LogP contribution in [0, 0.1) is 18.3 Å². The highest BCUT2D eigenvalue weighted by atomic mass is 16.5. The summed E-state index contributed by atoms with van der Waals surface area (Å²) in [5.41, 5.74) is 5.18. The molecule has 4 aromatic rings. The van der Waals surface area contributed by atoms with Crippen LogP contribution in [0.3, 0.4) is 0 Å². The Morgan fingerprint density at radius 1 is 1.02 bits per heavy atom. The van der Waals surface area contributed by atoms with Gasteiger partial charge in [-0.1, -0.05) is 24.3 Å². The van der Waals surface area contributed by atoms with Crippen molar-refractivity contribution < 1.29 is 14.3 Å². The third kappa shape index (κ3) is 5.05. The lowest BCUT2D eigenvalue weighted by atomic mass is 9.93. The molecule has 2 amide bonds. The molecular weight excluding hydrogens is 502 g/mol. The Hall–Kier alpha value is -5.29. The summed E-state index contributed by atoms with van der Waals surface area (Å²) in [6, 6.07) is 21.0. The quantitative estimate of drug-likeness (QED) is 0.234. The van der Waals surface area contributed by atoms with E-state index in [0.717, 1.165) is 27.5 Å². The summed E-state index contributed by atoms with van der Waals surface area (Å²) >= 11 is 0. The van der Waals surface area contributed by atoms with Crippen LogP contribution in [-0.4, -0.2) is 38.1 Å². The third-order valence-electron chi connectivity index (χ3n) is 6.70. The van der Waals surface area contributed by atoms with E-state index in [2.05, 4.69) is 4.98 Å². The van der Waals surface area contributed by atoms with E-state index in [1.807, 2.05) is 74.6 Å². The lowest BCUT2D eigenvalue weighted by molar-refractivity contribution is -0.141. The van der Waals surface area contributed by atoms with Gasteiger partial charge in [0.25, 0.3) is 11.8 Å². The number of ether oxygens (including phenoxy) is 1. The van der Waals surface area contributed by atoms with Crippen molar-refractivity contribution in [2.75, 3.05) is 6.61 Å². The Morgan fingerprint density at radius 2 is 1.82 bits per heavy atom.